The van der Waals surface area contributed by atoms with Crippen LogP contribution in [0.3, 0.4) is 0 Å². The molecule has 0 unspecified atom stereocenters. The number of thiophene rings is 1. The molecule has 0 fully saturated rings. The lowest BCUT2D eigenvalue weighted by molar-refractivity contribution is -0.141. The van der Waals surface area contributed by atoms with Crippen molar-refractivity contribution in [1.29, 1.82) is 0 Å². The number of aryl methyl sites for hydroxylation is 1. The van der Waals surface area contributed by atoms with Crippen LogP contribution in [0.15, 0.2) is 30.3 Å². The fourth-order valence-corrected chi connectivity index (χ4v) is 3.60. The number of fused-ring (bicyclic) bond motifs is 1. The van der Waals surface area contributed by atoms with Gasteiger partial charge in [0.15, 0.2) is 6.61 Å². The van der Waals surface area contributed by atoms with Crippen LogP contribution in [0.5, 0.6) is 0 Å². The van der Waals surface area contributed by atoms with Gasteiger partial charge in [0.2, 0.25) is 0 Å². The summed E-state index contributed by atoms with van der Waals surface area (Å²) in [5, 5.41) is 8.23. The van der Waals surface area contributed by atoms with Crippen molar-refractivity contribution in [2.75, 3.05) is 20.3 Å². The van der Waals surface area contributed by atoms with E-state index in [4.69, 9.17) is 16.3 Å². The highest BCUT2D eigenvalue weighted by atomic mass is 35.5. The Balaban J connectivity index is 1.72. The lowest BCUT2D eigenvalue weighted by Gasteiger charge is -2.05. The summed E-state index contributed by atoms with van der Waals surface area (Å²) >= 11 is 7.14. The first kappa shape index (κ1) is 19.8. The maximum absolute atomic E-state index is 12.3. The third-order valence-electron chi connectivity index (χ3n) is 3.81. The molecule has 0 aliphatic carbocycles. The molecule has 8 nitrogen and oxygen atoms in total. The third-order valence-corrected chi connectivity index (χ3v) is 5.15. The average molecular weight is 422 g/mol. The van der Waals surface area contributed by atoms with Crippen LogP contribution in [0.25, 0.3) is 15.9 Å². The molecule has 0 aliphatic heterocycles. The molecule has 3 rings (SSSR count). The van der Waals surface area contributed by atoms with Crippen LogP contribution in [-0.4, -0.2) is 47.9 Å². The highest BCUT2D eigenvalue weighted by Gasteiger charge is 2.19. The number of methoxy groups -OCH3 is 1. The molecule has 2 aromatic heterocycles. The molecule has 10 heteroatoms. The van der Waals surface area contributed by atoms with Crippen molar-refractivity contribution in [3.8, 4) is 5.69 Å². The first-order valence-corrected chi connectivity index (χ1v) is 9.34. The van der Waals surface area contributed by atoms with Crippen molar-refractivity contribution in [2.45, 2.75) is 6.92 Å². The van der Waals surface area contributed by atoms with Crippen molar-refractivity contribution < 1.29 is 23.9 Å². The second kappa shape index (κ2) is 8.41. The highest BCUT2D eigenvalue weighted by Crippen LogP contribution is 2.31. The molecular weight excluding hydrogens is 406 g/mol. The number of nitrogens with one attached hydrogen (secondary N) is 1. The van der Waals surface area contributed by atoms with E-state index in [0.717, 1.165) is 21.6 Å². The lowest BCUT2D eigenvalue weighted by atomic mass is 10.3. The van der Waals surface area contributed by atoms with Gasteiger partial charge in [-0.1, -0.05) is 11.6 Å². The molecule has 0 bridgehead atoms. The van der Waals surface area contributed by atoms with Crippen molar-refractivity contribution in [3.05, 3.63) is 45.9 Å². The zero-order valence-electron chi connectivity index (χ0n) is 15.0. The van der Waals surface area contributed by atoms with Crippen molar-refractivity contribution in [3.63, 3.8) is 0 Å². The number of ether oxygens (including phenoxy) is 2. The van der Waals surface area contributed by atoms with Crippen LogP contribution in [0.2, 0.25) is 5.02 Å². The molecule has 1 N–H and O–H groups in total. The molecule has 2 heterocycles. The number of rotatable bonds is 6. The number of esters is 2. The summed E-state index contributed by atoms with van der Waals surface area (Å²) in [4.78, 5) is 36.0. The monoisotopic (exact) mass is 421 g/mol. The Bertz CT molecular complexity index is 1040. The van der Waals surface area contributed by atoms with Crippen LogP contribution in [-0.2, 0) is 19.1 Å². The fourth-order valence-electron chi connectivity index (χ4n) is 2.40. The molecule has 0 atom stereocenters. The topological polar surface area (TPSA) is 99.5 Å². The van der Waals surface area contributed by atoms with Gasteiger partial charge in [0.25, 0.3) is 5.91 Å². The molecule has 0 aliphatic rings. The number of nitrogens with zero attached hydrogens (tertiary/aromatic N) is 2. The van der Waals surface area contributed by atoms with Crippen molar-refractivity contribution in [2.24, 2.45) is 0 Å². The lowest BCUT2D eigenvalue weighted by Crippen LogP contribution is -2.33. The summed E-state index contributed by atoms with van der Waals surface area (Å²) in [7, 11) is 1.21. The Morgan fingerprint density at radius 3 is 2.64 bits per heavy atom. The summed E-state index contributed by atoms with van der Waals surface area (Å²) in [6.07, 6.45) is 0. The number of halogens is 1. The minimum Gasteiger partial charge on any atom is -0.468 e. The largest absolute Gasteiger partial charge is 0.468 e. The number of carbonyl (C=O) groups is 3. The summed E-state index contributed by atoms with van der Waals surface area (Å²) in [6, 6.07) is 8.86. The van der Waals surface area contributed by atoms with Gasteiger partial charge in [-0.25, -0.2) is 9.48 Å². The molecule has 146 valence electrons. The van der Waals surface area contributed by atoms with E-state index in [1.807, 2.05) is 19.1 Å². The van der Waals surface area contributed by atoms with Gasteiger partial charge in [0.05, 0.1) is 18.5 Å². The summed E-state index contributed by atoms with van der Waals surface area (Å²) in [5.74, 6) is -1.81. The van der Waals surface area contributed by atoms with Gasteiger partial charge in [-0.05, 0) is 37.3 Å². The van der Waals surface area contributed by atoms with Gasteiger partial charge in [-0.2, -0.15) is 5.10 Å². The van der Waals surface area contributed by atoms with Gasteiger partial charge >= 0.3 is 11.9 Å². The number of hydrogen-bond acceptors (Lipinski definition) is 7. The van der Waals surface area contributed by atoms with Crippen LogP contribution >= 0.6 is 22.9 Å². The average Bonchev–Trinajstić information content (AvgIpc) is 3.25. The van der Waals surface area contributed by atoms with E-state index in [1.54, 1.807) is 22.9 Å². The third kappa shape index (κ3) is 4.32. The number of hydrogen-bond donors (Lipinski definition) is 1. The van der Waals surface area contributed by atoms with Crippen LogP contribution in [0.1, 0.15) is 15.4 Å². The van der Waals surface area contributed by atoms with Crippen LogP contribution in [0, 0.1) is 6.92 Å². The second-order valence-electron chi connectivity index (χ2n) is 5.73. The Morgan fingerprint density at radius 1 is 1.25 bits per heavy atom. The first-order chi connectivity index (χ1) is 13.4. The highest BCUT2D eigenvalue weighted by molar-refractivity contribution is 7.20. The predicted molar refractivity (Wildman–Crippen MR) is 104 cm³/mol. The molecular formula is C18H16ClN3O5S. The SMILES string of the molecule is COC(=O)CNC(=O)COC(=O)c1cc2c(C)nn(-c3ccc(Cl)cc3)c2s1. The molecule has 3 aromatic rings. The van der Waals surface area contributed by atoms with Gasteiger partial charge in [0, 0.05) is 10.4 Å². The molecule has 1 aromatic carbocycles. The van der Waals surface area contributed by atoms with E-state index in [2.05, 4.69) is 15.2 Å². The summed E-state index contributed by atoms with van der Waals surface area (Å²) in [6.45, 7) is 1.06. The van der Waals surface area contributed by atoms with Crippen LogP contribution in [0.4, 0.5) is 0 Å². The zero-order chi connectivity index (χ0) is 20.3. The Hall–Kier alpha value is -2.91. The molecule has 28 heavy (non-hydrogen) atoms. The van der Waals surface area contributed by atoms with E-state index < -0.39 is 24.5 Å². The predicted octanol–water partition coefficient (Wildman–Crippen LogP) is 2.49. The quantitative estimate of drug-likeness (QED) is 0.614. The van der Waals surface area contributed by atoms with Gasteiger partial charge in [0.1, 0.15) is 16.3 Å². The van der Waals surface area contributed by atoms with Gasteiger partial charge < -0.3 is 14.8 Å². The van der Waals surface area contributed by atoms with E-state index in [9.17, 15) is 14.4 Å². The van der Waals surface area contributed by atoms with Crippen molar-refractivity contribution in [1.82, 2.24) is 15.1 Å². The number of carbonyl (C=O) groups excluding carboxylic acids is 3. The second-order valence-corrected chi connectivity index (χ2v) is 7.20. The summed E-state index contributed by atoms with van der Waals surface area (Å²) < 4.78 is 11.2. The fraction of sp³-hybridized carbons (Fsp3) is 0.222. The Morgan fingerprint density at radius 2 is 1.96 bits per heavy atom. The molecule has 0 saturated heterocycles. The minimum atomic E-state index is -0.628. The van der Waals surface area contributed by atoms with Gasteiger partial charge in [-0.15, -0.1) is 11.3 Å². The van der Waals surface area contributed by atoms with E-state index >= 15 is 0 Å². The molecule has 0 saturated carbocycles. The van der Waals surface area contributed by atoms with E-state index in [0.29, 0.717) is 9.90 Å². The smallest absolute Gasteiger partial charge is 0.348 e. The van der Waals surface area contributed by atoms with Gasteiger partial charge in [-0.3, -0.25) is 9.59 Å². The number of benzene rings is 1. The van der Waals surface area contributed by atoms with Crippen molar-refractivity contribution >= 4 is 51.0 Å². The Kier molecular flexibility index (Phi) is 5.96. The maximum atomic E-state index is 12.3. The molecule has 0 spiro atoms. The Labute approximate surface area is 169 Å². The normalized spacial score (nSPS) is 10.7. The number of amides is 1. The molecule has 1 amide bonds. The first-order valence-electron chi connectivity index (χ1n) is 8.14. The zero-order valence-corrected chi connectivity index (χ0v) is 16.6. The molecule has 0 radical (unpaired) electrons. The standard InChI is InChI=1S/C18H16ClN3O5S/c1-10-13-7-14(18(25)27-9-15(23)20-8-16(24)26-2)28-17(13)22(21-10)12-5-3-11(19)4-6-12/h3-7H,8-9H2,1-2H3,(H,20,23). The summed E-state index contributed by atoms with van der Waals surface area (Å²) in [5.41, 5.74) is 1.57. The van der Waals surface area contributed by atoms with E-state index in [1.165, 1.54) is 18.4 Å². The maximum Gasteiger partial charge on any atom is 0.348 e. The number of aromatic nitrogens is 2. The van der Waals surface area contributed by atoms with E-state index in [-0.39, 0.29) is 6.54 Å². The minimum absolute atomic E-state index is 0.286. The van der Waals surface area contributed by atoms with Crippen LogP contribution < -0.4 is 5.32 Å².